The van der Waals surface area contributed by atoms with Crippen molar-refractivity contribution in [3.63, 3.8) is 0 Å². The van der Waals surface area contributed by atoms with Crippen molar-refractivity contribution in [2.24, 2.45) is 0 Å². The van der Waals surface area contributed by atoms with Crippen LogP contribution in [0.1, 0.15) is 0 Å². The molecule has 1 aliphatic heterocycles. The molecule has 0 saturated carbocycles. The van der Waals surface area contributed by atoms with E-state index in [1.165, 1.54) is 0 Å². The van der Waals surface area contributed by atoms with Crippen LogP contribution in [0.3, 0.4) is 0 Å². The zero-order valence-corrected chi connectivity index (χ0v) is 10.7. The number of carbonyl (C=O) groups is 1. The number of anilines is 1. The standard InChI is InChI=1S/C13H14N4O3/c18-13(11-9-19-7-8-20-11)16-10-3-1-4-14-12(10)17-6-2-5-15-17/h1-6,11H,7-9H2,(H,16,18)/t11-/m1/s1. The maximum Gasteiger partial charge on any atom is 0.256 e. The van der Waals surface area contributed by atoms with E-state index >= 15 is 0 Å². The molecule has 1 fully saturated rings. The largest absolute Gasteiger partial charge is 0.376 e. The average molecular weight is 274 g/mol. The van der Waals surface area contributed by atoms with Crippen LogP contribution in [-0.4, -0.2) is 46.6 Å². The molecule has 3 heterocycles. The smallest absolute Gasteiger partial charge is 0.256 e. The lowest BCUT2D eigenvalue weighted by Crippen LogP contribution is -2.39. The van der Waals surface area contributed by atoms with Gasteiger partial charge in [0.2, 0.25) is 0 Å². The number of hydrogen-bond donors (Lipinski definition) is 1. The van der Waals surface area contributed by atoms with Crippen LogP contribution in [0.5, 0.6) is 0 Å². The fraction of sp³-hybridized carbons (Fsp3) is 0.308. The highest BCUT2D eigenvalue weighted by Gasteiger charge is 2.23. The number of carbonyl (C=O) groups excluding carboxylic acids is 1. The number of aromatic nitrogens is 3. The van der Waals surface area contributed by atoms with Gasteiger partial charge in [-0.05, 0) is 18.2 Å². The van der Waals surface area contributed by atoms with E-state index in [0.29, 0.717) is 24.7 Å². The number of pyridine rings is 1. The van der Waals surface area contributed by atoms with E-state index in [4.69, 9.17) is 9.47 Å². The Balaban J connectivity index is 1.79. The molecule has 20 heavy (non-hydrogen) atoms. The SMILES string of the molecule is O=C(Nc1cccnc1-n1cccn1)[C@H]1COCCO1. The first-order chi connectivity index (χ1) is 9.84. The first-order valence-corrected chi connectivity index (χ1v) is 6.30. The van der Waals surface area contributed by atoms with E-state index < -0.39 is 6.10 Å². The lowest BCUT2D eigenvalue weighted by Gasteiger charge is -2.22. The third-order valence-electron chi connectivity index (χ3n) is 2.87. The molecule has 2 aromatic heterocycles. The molecule has 1 aliphatic rings. The van der Waals surface area contributed by atoms with Crippen molar-refractivity contribution >= 4 is 11.6 Å². The van der Waals surface area contributed by atoms with Crippen LogP contribution < -0.4 is 5.32 Å². The quantitative estimate of drug-likeness (QED) is 0.887. The van der Waals surface area contributed by atoms with Crippen LogP contribution in [0.15, 0.2) is 36.8 Å². The molecule has 0 unspecified atom stereocenters. The van der Waals surface area contributed by atoms with Crippen LogP contribution in [0, 0.1) is 0 Å². The second-order valence-electron chi connectivity index (χ2n) is 4.25. The van der Waals surface area contributed by atoms with E-state index in [9.17, 15) is 4.79 Å². The molecule has 0 aromatic carbocycles. The topological polar surface area (TPSA) is 78.3 Å². The van der Waals surface area contributed by atoms with Gasteiger partial charge in [0, 0.05) is 18.6 Å². The third kappa shape index (κ3) is 2.68. The summed E-state index contributed by atoms with van der Waals surface area (Å²) in [7, 11) is 0. The Morgan fingerprint density at radius 2 is 2.30 bits per heavy atom. The van der Waals surface area contributed by atoms with Gasteiger partial charge < -0.3 is 14.8 Å². The first kappa shape index (κ1) is 12.8. The molecule has 0 radical (unpaired) electrons. The maximum atomic E-state index is 12.1. The summed E-state index contributed by atoms with van der Waals surface area (Å²) in [4.78, 5) is 16.3. The Morgan fingerprint density at radius 3 is 3.05 bits per heavy atom. The van der Waals surface area contributed by atoms with Crippen LogP contribution in [-0.2, 0) is 14.3 Å². The predicted molar refractivity (Wildman–Crippen MR) is 70.5 cm³/mol. The second kappa shape index (κ2) is 5.81. The van der Waals surface area contributed by atoms with Gasteiger partial charge in [0.1, 0.15) is 0 Å². The molecule has 1 atom stereocenters. The van der Waals surface area contributed by atoms with Crippen LogP contribution in [0.4, 0.5) is 5.69 Å². The van der Waals surface area contributed by atoms with E-state index in [0.717, 1.165) is 0 Å². The van der Waals surface area contributed by atoms with Crippen molar-refractivity contribution in [3.8, 4) is 5.82 Å². The minimum atomic E-state index is -0.588. The molecular formula is C13H14N4O3. The normalized spacial score (nSPS) is 18.7. The molecule has 1 N–H and O–H groups in total. The van der Waals surface area contributed by atoms with Crippen molar-refractivity contribution in [2.75, 3.05) is 25.1 Å². The van der Waals surface area contributed by atoms with Gasteiger partial charge in [0.15, 0.2) is 11.9 Å². The number of hydrogen-bond acceptors (Lipinski definition) is 5. The molecule has 7 heteroatoms. The molecule has 3 rings (SSSR count). The van der Waals surface area contributed by atoms with Gasteiger partial charge in [0.05, 0.1) is 25.5 Å². The Hall–Kier alpha value is -2.25. The molecule has 0 spiro atoms. The Kier molecular flexibility index (Phi) is 3.71. The summed E-state index contributed by atoms with van der Waals surface area (Å²) in [5, 5.41) is 6.92. The van der Waals surface area contributed by atoms with Crippen molar-refractivity contribution in [1.82, 2.24) is 14.8 Å². The summed E-state index contributed by atoms with van der Waals surface area (Å²) in [6.07, 6.45) is 4.47. The summed E-state index contributed by atoms with van der Waals surface area (Å²) >= 11 is 0. The summed E-state index contributed by atoms with van der Waals surface area (Å²) in [5.41, 5.74) is 0.579. The number of rotatable bonds is 3. The molecule has 7 nitrogen and oxygen atoms in total. The highest BCUT2D eigenvalue weighted by molar-refractivity contribution is 5.95. The molecule has 104 valence electrons. The minimum absolute atomic E-state index is 0.244. The summed E-state index contributed by atoms with van der Waals surface area (Å²) in [5.74, 6) is 0.314. The van der Waals surface area contributed by atoms with Gasteiger partial charge in [-0.15, -0.1) is 0 Å². The predicted octanol–water partition coefficient (Wildman–Crippen LogP) is 0.621. The van der Waals surface area contributed by atoms with Gasteiger partial charge >= 0.3 is 0 Å². The molecule has 1 saturated heterocycles. The first-order valence-electron chi connectivity index (χ1n) is 6.30. The molecule has 0 bridgehead atoms. The van der Waals surface area contributed by atoms with Gasteiger partial charge in [-0.2, -0.15) is 5.10 Å². The summed E-state index contributed by atoms with van der Waals surface area (Å²) < 4.78 is 12.2. The average Bonchev–Trinajstić information content (AvgIpc) is 3.03. The third-order valence-corrected chi connectivity index (χ3v) is 2.87. The number of nitrogens with one attached hydrogen (secondary N) is 1. The molecule has 0 aliphatic carbocycles. The van der Waals surface area contributed by atoms with E-state index in [1.54, 1.807) is 41.5 Å². The Labute approximate surface area is 115 Å². The second-order valence-corrected chi connectivity index (χ2v) is 4.25. The fourth-order valence-electron chi connectivity index (χ4n) is 1.92. The van der Waals surface area contributed by atoms with Gasteiger partial charge in [-0.25, -0.2) is 9.67 Å². The fourth-order valence-corrected chi connectivity index (χ4v) is 1.92. The van der Waals surface area contributed by atoms with Crippen LogP contribution >= 0.6 is 0 Å². The van der Waals surface area contributed by atoms with Gasteiger partial charge in [-0.3, -0.25) is 4.79 Å². The number of amides is 1. The van der Waals surface area contributed by atoms with Gasteiger partial charge in [0.25, 0.3) is 5.91 Å². The van der Waals surface area contributed by atoms with E-state index in [1.807, 2.05) is 0 Å². The number of ether oxygens (including phenoxy) is 2. The highest BCUT2D eigenvalue weighted by atomic mass is 16.6. The lowest BCUT2D eigenvalue weighted by atomic mass is 10.3. The lowest BCUT2D eigenvalue weighted by molar-refractivity contribution is -0.142. The van der Waals surface area contributed by atoms with E-state index in [-0.39, 0.29) is 12.5 Å². The Bertz CT molecular complexity index is 579. The molecular weight excluding hydrogens is 260 g/mol. The maximum absolute atomic E-state index is 12.1. The molecule has 2 aromatic rings. The zero-order valence-electron chi connectivity index (χ0n) is 10.7. The summed E-state index contributed by atoms with van der Waals surface area (Å²) in [6, 6.07) is 5.31. The van der Waals surface area contributed by atoms with Crippen LogP contribution in [0.25, 0.3) is 5.82 Å². The highest BCUT2D eigenvalue weighted by Crippen LogP contribution is 2.17. The van der Waals surface area contributed by atoms with Crippen LogP contribution in [0.2, 0.25) is 0 Å². The van der Waals surface area contributed by atoms with E-state index in [2.05, 4.69) is 15.4 Å². The van der Waals surface area contributed by atoms with Crippen molar-refractivity contribution in [2.45, 2.75) is 6.10 Å². The summed E-state index contributed by atoms with van der Waals surface area (Å²) in [6.45, 7) is 1.22. The zero-order chi connectivity index (χ0) is 13.8. The van der Waals surface area contributed by atoms with Gasteiger partial charge in [-0.1, -0.05) is 0 Å². The minimum Gasteiger partial charge on any atom is -0.376 e. The van der Waals surface area contributed by atoms with Crippen molar-refractivity contribution < 1.29 is 14.3 Å². The van der Waals surface area contributed by atoms with Crippen molar-refractivity contribution in [3.05, 3.63) is 36.8 Å². The molecule has 1 amide bonds. The monoisotopic (exact) mass is 274 g/mol. The van der Waals surface area contributed by atoms with Crippen molar-refractivity contribution in [1.29, 1.82) is 0 Å². The number of nitrogens with zero attached hydrogens (tertiary/aromatic N) is 3. The Morgan fingerprint density at radius 1 is 1.35 bits per heavy atom.